The second-order valence-electron chi connectivity index (χ2n) is 3.17. The molecule has 1 aromatic carbocycles. The van der Waals surface area contributed by atoms with E-state index >= 15 is 0 Å². The summed E-state index contributed by atoms with van der Waals surface area (Å²) in [6.07, 6.45) is -1.52. The van der Waals surface area contributed by atoms with Gasteiger partial charge in [-0.05, 0) is 13.0 Å². The highest BCUT2D eigenvalue weighted by atomic mass is 35.5. The van der Waals surface area contributed by atoms with Crippen molar-refractivity contribution in [2.75, 3.05) is 6.61 Å². The second-order valence-corrected chi connectivity index (χ2v) is 3.58. The molecular weight excluding hydrogens is 235 g/mol. The van der Waals surface area contributed by atoms with Crippen molar-refractivity contribution in [2.24, 2.45) is 0 Å². The molecule has 3 nitrogen and oxygen atoms in total. The molecule has 0 heterocycles. The van der Waals surface area contributed by atoms with E-state index in [4.69, 9.17) is 11.6 Å². The molecule has 1 unspecified atom stereocenters. The predicted molar refractivity (Wildman–Crippen MR) is 57.6 cm³/mol. The topological polar surface area (TPSA) is 46.5 Å². The maximum absolute atomic E-state index is 13.4. The van der Waals surface area contributed by atoms with Crippen LogP contribution in [0.3, 0.4) is 0 Å². The van der Waals surface area contributed by atoms with E-state index in [1.54, 1.807) is 6.92 Å². The average molecular weight is 247 g/mol. The standard InChI is InChI=1S/C11H12ClFO3/c1-2-16-10(15)6-9(14)7-4-3-5-8(12)11(7)13/h3-5,9,14H,2,6H2,1H3. The van der Waals surface area contributed by atoms with Gasteiger partial charge in [-0.3, -0.25) is 4.79 Å². The molecule has 1 aromatic rings. The Morgan fingerprint density at radius 2 is 2.31 bits per heavy atom. The summed E-state index contributed by atoms with van der Waals surface area (Å²) < 4.78 is 18.1. The van der Waals surface area contributed by atoms with Crippen LogP contribution in [0.4, 0.5) is 4.39 Å². The van der Waals surface area contributed by atoms with Gasteiger partial charge >= 0.3 is 5.97 Å². The number of ether oxygens (including phenoxy) is 1. The monoisotopic (exact) mass is 246 g/mol. The molecule has 0 fully saturated rings. The summed E-state index contributed by atoms with van der Waals surface area (Å²) in [6.45, 7) is 1.88. The Hall–Kier alpha value is -1.13. The molecule has 5 heteroatoms. The van der Waals surface area contributed by atoms with Gasteiger partial charge in [-0.2, -0.15) is 0 Å². The maximum atomic E-state index is 13.4. The van der Waals surface area contributed by atoms with E-state index in [9.17, 15) is 14.3 Å². The van der Waals surface area contributed by atoms with Gasteiger partial charge in [-0.15, -0.1) is 0 Å². The zero-order valence-corrected chi connectivity index (χ0v) is 9.50. The average Bonchev–Trinajstić information content (AvgIpc) is 2.22. The lowest BCUT2D eigenvalue weighted by Crippen LogP contribution is -2.11. The van der Waals surface area contributed by atoms with Crippen molar-refractivity contribution in [2.45, 2.75) is 19.4 Å². The highest BCUT2D eigenvalue weighted by Gasteiger charge is 2.18. The minimum absolute atomic E-state index is 0.000512. The van der Waals surface area contributed by atoms with E-state index in [-0.39, 0.29) is 23.6 Å². The normalized spacial score (nSPS) is 12.2. The largest absolute Gasteiger partial charge is 0.466 e. The van der Waals surface area contributed by atoms with Crippen molar-refractivity contribution < 1.29 is 19.0 Å². The molecule has 88 valence electrons. The van der Waals surface area contributed by atoms with Gasteiger partial charge in [0.05, 0.1) is 24.2 Å². The van der Waals surface area contributed by atoms with Crippen molar-refractivity contribution in [3.63, 3.8) is 0 Å². The van der Waals surface area contributed by atoms with Crippen LogP contribution in [0.1, 0.15) is 25.0 Å². The number of benzene rings is 1. The lowest BCUT2D eigenvalue weighted by molar-refractivity contribution is -0.145. The molecule has 16 heavy (non-hydrogen) atoms. The summed E-state index contributed by atoms with van der Waals surface area (Å²) >= 11 is 5.55. The summed E-state index contributed by atoms with van der Waals surface area (Å²) in [5.74, 6) is -1.28. The first-order chi connectivity index (χ1) is 7.56. The molecular formula is C11H12ClFO3. The minimum Gasteiger partial charge on any atom is -0.466 e. The number of aliphatic hydroxyl groups is 1. The molecule has 0 spiro atoms. The molecule has 1 rings (SSSR count). The van der Waals surface area contributed by atoms with Crippen LogP contribution < -0.4 is 0 Å². The number of carbonyl (C=O) groups is 1. The van der Waals surface area contributed by atoms with Crippen molar-refractivity contribution in [1.82, 2.24) is 0 Å². The van der Waals surface area contributed by atoms with Gasteiger partial charge in [-0.25, -0.2) is 4.39 Å². The van der Waals surface area contributed by atoms with Crippen LogP contribution in [-0.4, -0.2) is 17.7 Å². The number of hydrogen-bond donors (Lipinski definition) is 1. The first-order valence-electron chi connectivity index (χ1n) is 4.83. The number of hydrogen-bond acceptors (Lipinski definition) is 3. The van der Waals surface area contributed by atoms with Crippen molar-refractivity contribution in [3.05, 3.63) is 34.6 Å². The van der Waals surface area contributed by atoms with E-state index < -0.39 is 17.9 Å². The molecule has 1 atom stereocenters. The second kappa shape index (κ2) is 5.82. The van der Waals surface area contributed by atoms with Crippen LogP contribution in [0.5, 0.6) is 0 Å². The number of carbonyl (C=O) groups excluding carboxylic acids is 1. The SMILES string of the molecule is CCOC(=O)CC(O)c1cccc(Cl)c1F. The van der Waals surface area contributed by atoms with Crippen LogP contribution >= 0.6 is 11.6 Å². The third kappa shape index (κ3) is 3.18. The van der Waals surface area contributed by atoms with Crippen molar-refractivity contribution in [3.8, 4) is 0 Å². The van der Waals surface area contributed by atoms with Gasteiger partial charge in [0, 0.05) is 5.56 Å². The zero-order valence-electron chi connectivity index (χ0n) is 8.74. The molecule has 1 N–H and O–H groups in total. The van der Waals surface area contributed by atoms with Gasteiger partial charge in [0.15, 0.2) is 0 Å². The summed E-state index contributed by atoms with van der Waals surface area (Å²) in [5.41, 5.74) is 0.000512. The summed E-state index contributed by atoms with van der Waals surface area (Å²) in [5, 5.41) is 9.54. The number of esters is 1. The van der Waals surface area contributed by atoms with Gasteiger partial charge in [0.25, 0.3) is 0 Å². The van der Waals surface area contributed by atoms with E-state index in [0.717, 1.165) is 0 Å². The van der Waals surface area contributed by atoms with E-state index in [2.05, 4.69) is 4.74 Å². The lowest BCUT2D eigenvalue weighted by atomic mass is 10.1. The first-order valence-corrected chi connectivity index (χ1v) is 5.21. The van der Waals surface area contributed by atoms with Gasteiger partial charge in [-0.1, -0.05) is 23.7 Å². The Labute approximate surface area is 97.8 Å². The fourth-order valence-electron chi connectivity index (χ4n) is 1.27. The predicted octanol–water partition coefficient (Wildman–Crippen LogP) is 2.47. The molecule has 0 saturated heterocycles. The summed E-state index contributed by atoms with van der Waals surface area (Å²) in [4.78, 5) is 11.1. The molecule has 0 saturated carbocycles. The van der Waals surface area contributed by atoms with Gasteiger partial charge in [0.2, 0.25) is 0 Å². The summed E-state index contributed by atoms with van der Waals surface area (Å²) in [7, 11) is 0. The molecule has 0 aromatic heterocycles. The van der Waals surface area contributed by atoms with E-state index in [1.165, 1.54) is 18.2 Å². The van der Waals surface area contributed by atoms with Crippen LogP contribution in [0.15, 0.2) is 18.2 Å². The quantitative estimate of drug-likeness (QED) is 0.831. The molecule has 0 radical (unpaired) electrons. The zero-order chi connectivity index (χ0) is 12.1. The number of aliphatic hydroxyl groups excluding tert-OH is 1. The molecule has 0 bridgehead atoms. The molecule has 0 amide bonds. The molecule has 0 aliphatic carbocycles. The summed E-state index contributed by atoms with van der Waals surface area (Å²) in [6, 6.07) is 4.26. The number of halogens is 2. The minimum atomic E-state index is -1.24. The van der Waals surface area contributed by atoms with E-state index in [0.29, 0.717) is 0 Å². The van der Waals surface area contributed by atoms with E-state index in [1.807, 2.05) is 0 Å². The molecule has 0 aliphatic rings. The fraction of sp³-hybridized carbons (Fsp3) is 0.364. The Morgan fingerprint density at radius 3 is 2.94 bits per heavy atom. The smallest absolute Gasteiger partial charge is 0.308 e. The molecule has 0 aliphatic heterocycles. The van der Waals surface area contributed by atoms with Gasteiger partial charge < -0.3 is 9.84 Å². The Kier molecular flexibility index (Phi) is 4.71. The highest BCUT2D eigenvalue weighted by molar-refractivity contribution is 6.30. The highest BCUT2D eigenvalue weighted by Crippen LogP contribution is 2.25. The Bertz CT molecular complexity index is 381. The van der Waals surface area contributed by atoms with Crippen LogP contribution in [0, 0.1) is 5.82 Å². The maximum Gasteiger partial charge on any atom is 0.308 e. The third-order valence-electron chi connectivity index (χ3n) is 2.01. The first kappa shape index (κ1) is 12.9. The number of rotatable bonds is 4. The third-order valence-corrected chi connectivity index (χ3v) is 2.30. The van der Waals surface area contributed by atoms with Gasteiger partial charge in [0.1, 0.15) is 5.82 Å². The Morgan fingerprint density at radius 1 is 1.62 bits per heavy atom. The van der Waals surface area contributed by atoms with Crippen LogP contribution in [0.2, 0.25) is 5.02 Å². The van der Waals surface area contributed by atoms with Crippen LogP contribution in [0.25, 0.3) is 0 Å². The Balaban J connectivity index is 2.76. The fourth-order valence-corrected chi connectivity index (χ4v) is 1.45. The van der Waals surface area contributed by atoms with Crippen molar-refractivity contribution >= 4 is 17.6 Å². The van der Waals surface area contributed by atoms with Crippen LogP contribution in [-0.2, 0) is 9.53 Å². The lowest BCUT2D eigenvalue weighted by Gasteiger charge is -2.11. The van der Waals surface area contributed by atoms with Crippen molar-refractivity contribution in [1.29, 1.82) is 0 Å².